The molecular weight excluding hydrogens is 330 g/mol. The Morgan fingerprint density at radius 1 is 1.23 bits per heavy atom. The molecule has 2 rings (SSSR count). The Morgan fingerprint density at radius 3 is 2.54 bits per heavy atom. The first-order valence-electron chi connectivity index (χ1n) is 8.85. The Morgan fingerprint density at radius 2 is 1.92 bits per heavy atom. The highest BCUT2D eigenvalue weighted by Gasteiger charge is 2.20. The first-order chi connectivity index (χ1) is 12.4. The van der Waals surface area contributed by atoms with Gasteiger partial charge >= 0.3 is 0 Å². The van der Waals surface area contributed by atoms with Gasteiger partial charge in [0.2, 0.25) is 11.8 Å². The number of nitrogens with zero attached hydrogens (tertiary/aromatic N) is 1. The summed E-state index contributed by atoms with van der Waals surface area (Å²) in [5.41, 5.74) is 7.69. The summed E-state index contributed by atoms with van der Waals surface area (Å²) in [6, 6.07) is 8.97. The number of amides is 2. The number of nitrogens with two attached hydrogens (primary N) is 1. The van der Waals surface area contributed by atoms with Gasteiger partial charge < -0.3 is 21.4 Å². The standard InChI is InChI=1S/C19H27N5O2/c1-4-14(23-16(25)11-22-19(26)17(20)12(2)3)18-21-10-15(24-18)13-8-6-5-7-9-13/h5-10,12,14,17H,4,11,20H2,1-3H3,(H,21,24)(H,22,26)(H,23,25)/t14?,17-/m0/s1. The van der Waals surface area contributed by atoms with Crippen molar-refractivity contribution >= 4 is 11.8 Å². The van der Waals surface area contributed by atoms with E-state index in [0.717, 1.165) is 11.3 Å². The van der Waals surface area contributed by atoms with Crippen LogP contribution < -0.4 is 16.4 Å². The van der Waals surface area contributed by atoms with Crippen LogP contribution in [0.5, 0.6) is 0 Å². The van der Waals surface area contributed by atoms with Crippen molar-refractivity contribution in [3.05, 3.63) is 42.4 Å². The van der Waals surface area contributed by atoms with E-state index in [4.69, 9.17) is 5.73 Å². The van der Waals surface area contributed by atoms with E-state index in [0.29, 0.717) is 12.2 Å². The van der Waals surface area contributed by atoms with Crippen LogP contribution in [-0.4, -0.2) is 34.4 Å². The zero-order chi connectivity index (χ0) is 19.1. The molecule has 2 aromatic rings. The third kappa shape index (κ3) is 5.16. The molecule has 7 nitrogen and oxygen atoms in total. The maximum atomic E-state index is 12.2. The quantitative estimate of drug-likeness (QED) is 0.576. The van der Waals surface area contributed by atoms with Crippen molar-refractivity contribution in [2.24, 2.45) is 11.7 Å². The number of carbonyl (C=O) groups is 2. The molecule has 140 valence electrons. The van der Waals surface area contributed by atoms with Gasteiger partial charge in [-0.25, -0.2) is 4.98 Å². The SMILES string of the molecule is CCC(NC(=O)CNC(=O)[C@@H](N)C(C)C)c1ncc(-c2ccccc2)[nH]1. The molecule has 0 aliphatic heterocycles. The van der Waals surface area contributed by atoms with Gasteiger partial charge in [-0.2, -0.15) is 0 Å². The molecule has 0 saturated heterocycles. The fourth-order valence-corrected chi connectivity index (χ4v) is 2.48. The highest BCUT2D eigenvalue weighted by atomic mass is 16.2. The van der Waals surface area contributed by atoms with Crippen molar-refractivity contribution in [1.82, 2.24) is 20.6 Å². The van der Waals surface area contributed by atoms with Crippen LogP contribution in [-0.2, 0) is 9.59 Å². The molecule has 1 heterocycles. The van der Waals surface area contributed by atoms with Gasteiger partial charge in [-0.15, -0.1) is 0 Å². The van der Waals surface area contributed by atoms with Crippen molar-refractivity contribution in [2.75, 3.05) is 6.54 Å². The zero-order valence-corrected chi connectivity index (χ0v) is 15.5. The summed E-state index contributed by atoms with van der Waals surface area (Å²) in [7, 11) is 0. The van der Waals surface area contributed by atoms with Crippen LogP contribution in [0.1, 0.15) is 39.1 Å². The Balaban J connectivity index is 1.94. The summed E-state index contributed by atoms with van der Waals surface area (Å²) in [6.45, 7) is 5.57. The zero-order valence-electron chi connectivity index (χ0n) is 15.5. The lowest BCUT2D eigenvalue weighted by Gasteiger charge is -2.17. The molecule has 1 aromatic carbocycles. The van der Waals surface area contributed by atoms with Gasteiger partial charge in [-0.1, -0.05) is 51.1 Å². The van der Waals surface area contributed by atoms with Crippen LogP contribution in [0, 0.1) is 5.92 Å². The minimum Gasteiger partial charge on any atom is -0.346 e. The topological polar surface area (TPSA) is 113 Å². The monoisotopic (exact) mass is 357 g/mol. The van der Waals surface area contributed by atoms with Crippen LogP contribution in [0.4, 0.5) is 0 Å². The third-order valence-electron chi connectivity index (χ3n) is 4.20. The van der Waals surface area contributed by atoms with Gasteiger partial charge in [-0.3, -0.25) is 9.59 Å². The molecule has 0 spiro atoms. The number of hydrogen-bond donors (Lipinski definition) is 4. The number of carbonyl (C=O) groups excluding carboxylic acids is 2. The predicted octanol–water partition coefficient (Wildman–Crippen LogP) is 1.74. The van der Waals surface area contributed by atoms with Gasteiger partial charge in [0.05, 0.1) is 30.5 Å². The van der Waals surface area contributed by atoms with Gasteiger partial charge in [-0.05, 0) is 17.9 Å². The van der Waals surface area contributed by atoms with E-state index >= 15 is 0 Å². The van der Waals surface area contributed by atoms with E-state index < -0.39 is 6.04 Å². The van der Waals surface area contributed by atoms with E-state index in [9.17, 15) is 9.59 Å². The van der Waals surface area contributed by atoms with E-state index in [1.165, 1.54) is 0 Å². The number of rotatable bonds is 8. The molecule has 2 atom stereocenters. The number of benzene rings is 1. The van der Waals surface area contributed by atoms with Crippen molar-refractivity contribution in [3.63, 3.8) is 0 Å². The molecule has 1 aromatic heterocycles. The lowest BCUT2D eigenvalue weighted by atomic mass is 10.1. The highest BCUT2D eigenvalue weighted by molar-refractivity contribution is 5.87. The van der Waals surface area contributed by atoms with Crippen LogP contribution in [0.2, 0.25) is 0 Å². The number of hydrogen-bond acceptors (Lipinski definition) is 4. The summed E-state index contributed by atoms with van der Waals surface area (Å²) in [5, 5.41) is 5.45. The Hall–Kier alpha value is -2.67. The molecular formula is C19H27N5O2. The van der Waals surface area contributed by atoms with Crippen molar-refractivity contribution in [2.45, 2.75) is 39.3 Å². The maximum Gasteiger partial charge on any atom is 0.239 e. The second-order valence-corrected chi connectivity index (χ2v) is 6.56. The molecule has 0 fully saturated rings. The Labute approximate surface area is 153 Å². The third-order valence-corrected chi connectivity index (χ3v) is 4.20. The van der Waals surface area contributed by atoms with E-state index in [-0.39, 0.29) is 30.3 Å². The minimum absolute atomic E-state index is 0.0148. The lowest BCUT2D eigenvalue weighted by Crippen LogP contribution is -2.47. The molecule has 0 aliphatic carbocycles. The molecule has 0 radical (unpaired) electrons. The fourth-order valence-electron chi connectivity index (χ4n) is 2.48. The second-order valence-electron chi connectivity index (χ2n) is 6.56. The summed E-state index contributed by atoms with van der Waals surface area (Å²) < 4.78 is 0. The summed E-state index contributed by atoms with van der Waals surface area (Å²) in [6.07, 6.45) is 2.43. The number of imidazole rings is 1. The molecule has 2 amide bonds. The van der Waals surface area contributed by atoms with Gasteiger partial charge in [0.1, 0.15) is 5.82 Å². The first-order valence-corrected chi connectivity index (χ1v) is 8.85. The molecule has 26 heavy (non-hydrogen) atoms. The summed E-state index contributed by atoms with van der Waals surface area (Å²) in [5.74, 6) is 0.0947. The molecule has 0 saturated carbocycles. The number of H-pyrrole nitrogens is 1. The average molecular weight is 357 g/mol. The van der Waals surface area contributed by atoms with Crippen molar-refractivity contribution in [3.8, 4) is 11.3 Å². The largest absolute Gasteiger partial charge is 0.346 e. The van der Waals surface area contributed by atoms with Crippen LogP contribution in [0.3, 0.4) is 0 Å². The van der Waals surface area contributed by atoms with E-state index in [1.807, 2.05) is 51.1 Å². The summed E-state index contributed by atoms with van der Waals surface area (Å²) >= 11 is 0. The molecule has 0 bridgehead atoms. The van der Waals surface area contributed by atoms with E-state index in [2.05, 4.69) is 20.6 Å². The predicted molar refractivity (Wildman–Crippen MR) is 101 cm³/mol. The van der Waals surface area contributed by atoms with E-state index in [1.54, 1.807) is 6.20 Å². The first kappa shape index (κ1) is 19.7. The van der Waals surface area contributed by atoms with Crippen LogP contribution >= 0.6 is 0 Å². The molecule has 0 aliphatic rings. The van der Waals surface area contributed by atoms with Crippen molar-refractivity contribution in [1.29, 1.82) is 0 Å². The minimum atomic E-state index is -0.622. The van der Waals surface area contributed by atoms with Crippen molar-refractivity contribution < 1.29 is 9.59 Å². The smallest absolute Gasteiger partial charge is 0.239 e. The maximum absolute atomic E-state index is 12.2. The Kier molecular flexibility index (Phi) is 6.91. The number of aromatic amines is 1. The normalized spacial score (nSPS) is 13.3. The Bertz CT molecular complexity index is 727. The fraction of sp³-hybridized carbons (Fsp3) is 0.421. The van der Waals surface area contributed by atoms with Crippen LogP contribution in [0.25, 0.3) is 11.3 Å². The molecule has 5 N–H and O–H groups in total. The lowest BCUT2D eigenvalue weighted by molar-refractivity contribution is -0.127. The second kappa shape index (κ2) is 9.15. The van der Waals surface area contributed by atoms with Gasteiger partial charge in [0.15, 0.2) is 0 Å². The van der Waals surface area contributed by atoms with Gasteiger partial charge in [0, 0.05) is 0 Å². The number of nitrogens with one attached hydrogen (secondary N) is 3. The average Bonchev–Trinajstić information content (AvgIpc) is 3.14. The summed E-state index contributed by atoms with van der Waals surface area (Å²) in [4.78, 5) is 31.6. The number of aromatic nitrogens is 2. The highest BCUT2D eigenvalue weighted by Crippen LogP contribution is 2.20. The molecule has 1 unspecified atom stereocenters. The van der Waals surface area contributed by atoms with Gasteiger partial charge in [0.25, 0.3) is 0 Å². The molecule has 7 heteroatoms. The van der Waals surface area contributed by atoms with Crippen LogP contribution in [0.15, 0.2) is 36.5 Å².